The highest BCUT2D eigenvalue weighted by atomic mass is 16.5. The molecule has 0 saturated carbocycles. The van der Waals surface area contributed by atoms with Crippen molar-refractivity contribution in [2.75, 3.05) is 6.61 Å². The summed E-state index contributed by atoms with van der Waals surface area (Å²) in [4.78, 5) is 48.2. The number of hydrogen-bond donors (Lipinski definition) is 2. The molecule has 2 heterocycles. The normalized spacial score (nSPS) is 18.2. The van der Waals surface area contributed by atoms with Gasteiger partial charge < -0.3 is 15.4 Å². The van der Waals surface area contributed by atoms with E-state index in [-0.39, 0.29) is 24.8 Å². The number of carbonyl (C=O) groups excluding carboxylic acids is 4. The highest BCUT2D eigenvalue weighted by Gasteiger charge is 2.39. The predicted octanol–water partition coefficient (Wildman–Crippen LogP) is 1.06. The second-order valence-electron chi connectivity index (χ2n) is 6.66. The molecule has 0 spiro atoms. The van der Waals surface area contributed by atoms with Crippen molar-refractivity contribution >= 4 is 23.8 Å². The third-order valence-corrected chi connectivity index (χ3v) is 4.75. The maximum absolute atomic E-state index is 12.7. The van der Waals surface area contributed by atoms with Crippen LogP contribution in [0.25, 0.3) is 0 Å². The minimum atomic E-state index is -0.781. The molecule has 146 valence electrons. The average Bonchev–Trinajstić information content (AvgIpc) is 2.98. The van der Waals surface area contributed by atoms with Crippen LogP contribution in [0.4, 0.5) is 4.79 Å². The van der Waals surface area contributed by atoms with Crippen molar-refractivity contribution in [3.05, 3.63) is 34.9 Å². The van der Waals surface area contributed by atoms with Crippen LogP contribution in [0.5, 0.6) is 0 Å². The Hall–Kier alpha value is -3.34. The van der Waals surface area contributed by atoms with Crippen molar-refractivity contribution in [1.29, 1.82) is 0 Å². The maximum Gasteiger partial charge on any atom is 0.404 e. The number of nitrogens with two attached hydrogens (primary N) is 1. The molecule has 28 heavy (non-hydrogen) atoms. The number of carbonyl (C=O) groups is 4. The fraction of sp³-hybridized carbons (Fsp3) is 0.400. The van der Waals surface area contributed by atoms with Gasteiger partial charge in [0.25, 0.3) is 5.91 Å². The molecule has 0 aromatic heterocycles. The highest BCUT2D eigenvalue weighted by molar-refractivity contribution is 6.05. The van der Waals surface area contributed by atoms with Crippen LogP contribution in [-0.2, 0) is 20.9 Å². The molecule has 1 aromatic carbocycles. The molecule has 1 saturated heterocycles. The molecule has 8 nitrogen and oxygen atoms in total. The Morgan fingerprint density at radius 3 is 2.86 bits per heavy atom. The number of nitrogens with one attached hydrogen (secondary N) is 1. The summed E-state index contributed by atoms with van der Waals surface area (Å²) < 4.78 is 4.66. The molecular formula is C20H21N3O5. The molecule has 0 bridgehead atoms. The zero-order chi connectivity index (χ0) is 20.1. The first-order valence-corrected chi connectivity index (χ1v) is 9.15. The summed E-state index contributed by atoms with van der Waals surface area (Å²) in [6.45, 7) is 0.574. The maximum atomic E-state index is 12.7. The van der Waals surface area contributed by atoms with Crippen LogP contribution in [0.3, 0.4) is 0 Å². The lowest BCUT2D eigenvalue weighted by Gasteiger charge is -2.29. The van der Waals surface area contributed by atoms with Gasteiger partial charge in [-0.1, -0.05) is 17.9 Å². The Kier molecular flexibility index (Phi) is 5.94. The van der Waals surface area contributed by atoms with Crippen LogP contribution in [-0.4, -0.2) is 41.4 Å². The number of nitrogens with zero attached hydrogens (tertiary/aromatic N) is 1. The van der Waals surface area contributed by atoms with E-state index >= 15 is 0 Å². The van der Waals surface area contributed by atoms with E-state index in [1.54, 1.807) is 12.1 Å². The molecule has 4 amide bonds. The molecule has 2 aliphatic heterocycles. The fourth-order valence-corrected chi connectivity index (χ4v) is 3.35. The third-order valence-electron chi connectivity index (χ3n) is 4.75. The molecule has 1 unspecified atom stereocenters. The standard InChI is InChI=1S/C20H21N3O5/c21-20(27)28-11-4-2-1-3-6-13-7-5-8-14-15(13)12-23(19(14)26)16-9-10-17(24)22-18(16)25/h5,7-8,16H,1-2,4,9-12H2,(H2,21,27)(H,22,24,25). The molecule has 0 radical (unpaired) electrons. The van der Waals surface area contributed by atoms with E-state index < -0.39 is 18.0 Å². The van der Waals surface area contributed by atoms with Gasteiger partial charge in [-0.05, 0) is 37.0 Å². The average molecular weight is 383 g/mol. The lowest BCUT2D eigenvalue weighted by Crippen LogP contribution is -2.52. The topological polar surface area (TPSA) is 119 Å². The quantitative estimate of drug-likeness (QED) is 0.448. The number of primary amides is 1. The van der Waals surface area contributed by atoms with E-state index in [2.05, 4.69) is 21.9 Å². The van der Waals surface area contributed by atoms with Gasteiger partial charge in [-0.15, -0.1) is 0 Å². The van der Waals surface area contributed by atoms with Crippen molar-refractivity contribution < 1.29 is 23.9 Å². The SMILES string of the molecule is NC(=O)OCCCCC#Cc1cccc2c1CN(C1CCC(=O)NC1=O)C2=O. The van der Waals surface area contributed by atoms with Crippen molar-refractivity contribution in [1.82, 2.24) is 10.2 Å². The zero-order valence-corrected chi connectivity index (χ0v) is 15.3. The number of piperidine rings is 1. The summed E-state index contributed by atoms with van der Waals surface area (Å²) in [6, 6.07) is 4.72. The van der Waals surface area contributed by atoms with E-state index in [9.17, 15) is 19.2 Å². The van der Waals surface area contributed by atoms with Gasteiger partial charge in [0.1, 0.15) is 6.04 Å². The summed E-state index contributed by atoms with van der Waals surface area (Å²) in [5.41, 5.74) is 7.00. The van der Waals surface area contributed by atoms with E-state index in [1.165, 1.54) is 4.90 Å². The van der Waals surface area contributed by atoms with Crippen molar-refractivity contribution in [3.8, 4) is 11.8 Å². The lowest BCUT2D eigenvalue weighted by molar-refractivity contribution is -0.136. The minimum Gasteiger partial charge on any atom is -0.450 e. The summed E-state index contributed by atoms with van der Waals surface area (Å²) in [5.74, 6) is 5.21. The highest BCUT2D eigenvalue weighted by Crippen LogP contribution is 2.29. The van der Waals surface area contributed by atoms with Gasteiger partial charge >= 0.3 is 6.09 Å². The largest absolute Gasteiger partial charge is 0.450 e. The first kappa shape index (κ1) is 19.4. The second-order valence-corrected chi connectivity index (χ2v) is 6.66. The van der Waals surface area contributed by atoms with Gasteiger partial charge in [-0.2, -0.15) is 0 Å². The van der Waals surface area contributed by atoms with Crippen molar-refractivity contribution in [2.24, 2.45) is 5.73 Å². The molecule has 8 heteroatoms. The van der Waals surface area contributed by atoms with Crippen LogP contribution in [0.15, 0.2) is 18.2 Å². The van der Waals surface area contributed by atoms with E-state index in [0.29, 0.717) is 31.4 Å². The summed E-state index contributed by atoms with van der Waals surface area (Å²) in [6.07, 6.45) is 1.83. The second kappa shape index (κ2) is 8.57. The number of unbranched alkanes of at least 4 members (excludes halogenated alkanes) is 2. The first-order chi connectivity index (χ1) is 13.5. The minimum absolute atomic E-state index is 0.211. The number of hydrogen-bond acceptors (Lipinski definition) is 5. The zero-order valence-electron chi connectivity index (χ0n) is 15.3. The third kappa shape index (κ3) is 4.31. The van der Waals surface area contributed by atoms with E-state index in [4.69, 9.17) is 5.73 Å². The summed E-state index contributed by atoms with van der Waals surface area (Å²) >= 11 is 0. The summed E-state index contributed by atoms with van der Waals surface area (Å²) in [5, 5.41) is 2.29. The molecular weight excluding hydrogens is 362 g/mol. The van der Waals surface area contributed by atoms with Crippen molar-refractivity contribution in [3.63, 3.8) is 0 Å². The predicted molar refractivity (Wildman–Crippen MR) is 98.8 cm³/mol. The van der Waals surface area contributed by atoms with Crippen LogP contribution in [0.2, 0.25) is 0 Å². The fourth-order valence-electron chi connectivity index (χ4n) is 3.35. The molecule has 3 rings (SSSR count). The van der Waals surface area contributed by atoms with E-state index in [1.807, 2.05) is 6.07 Å². The van der Waals surface area contributed by atoms with Gasteiger partial charge in [-0.25, -0.2) is 4.79 Å². The van der Waals surface area contributed by atoms with Gasteiger partial charge in [0.05, 0.1) is 6.61 Å². The Labute approximate surface area is 162 Å². The van der Waals surface area contributed by atoms with Crippen LogP contribution in [0, 0.1) is 11.8 Å². The first-order valence-electron chi connectivity index (χ1n) is 9.15. The van der Waals surface area contributed by atoms with Crippen molar-refractivity contribution in [2.45, 2.75) is 44.7 Å². The van der Waals surface area contributed by atoms with Gasteiger partial charge in [0, 0.05) is 30.5 Å². The lowest BCUT2D eigenvalue weighted by atomic mass is 10.0. The molecule has 1 fully saturated rings. The van der Waals surface area contributed by atoms with E-state index in [0.717, 1.165) is 17.5 Å². The molecule has 3 N–H and O–H groups in total. The smallest absolute Gasteiger partial charge is 0.404 e. The number of ether oxygens (including phenoxy) is 1. The van der Waals surface area contributed by atoms with Gasteiger partial charge in [0.15, 0.2) is 0 Å². The number of rotatable bonds is 5. The monoisotopic (exact) mass is 383 g/mol. The Bertz CT molecular complexity index is 884. The Morgan fingerprint density at radius 2 is 2.11 bits per heavy atom. The number of imide groups is 1. The molecule has 0 aliphatic carbocycles. The molecule has 1 aromatic rings. The number of amides is 4. The number of fused-ring (bicyclic) bond motifs is 1. The van der Waals surface area contributed by atoms with Gasteiger partial charge in [0.2, 0.25) is 11.8 Å². The molecule has 1 atom stereocenters. The van der Waals surface area contributed by atoms with Crippen LogP contribution < -0.4 is 11.1 Å². The Balaban J connectivity index is 1.64. The number of benzene rings is 1. The van der Waals surface area contributed by atoms with Crippen LogP contribution >= 0.6 is 0 Å². The Morgan fingerprint density at radius 1 is 1.29 bits per heavy atom. The van der Waals surface area contributed by atoms with Gasteiger partial charge in [-0.3, -0.25) is 19.7 Å². The van der Waals surface area contributed by atoms with Crippen LogP contribution in [0.1, 0.15) is 53.6 Å². The molecule has 2 aliphatic rings. The summed E-state index contributed by atoms with van der Waals surface area (Å²) in [7, 11) is 0.